The van der Waals surface area contributed by atoms with E-state index >= 15 is 0 Å². The van der Waals surface area contributed by atoms with Gasteiger partial charge in [0.05, 0.1) is 13.2 Å². The number of carbonyl (C=O) groups excluding carboxylic acids is 2. The summed E-state index contributed by atoms with van der Waals surface area (Å²) in [5, 5.41) is 0. The van der Waals surface area contributed by atoms with Crippen molar-refractivity contribution in [1.29, 1.82) is 0 Å². The zero-order chi connectivity index (χ0) is 15.7. The molecule has 1 saturated heterocycles. The van der Waals surface area contributed by atoms with Gasteiger partial charge in [0.1, 0.15) is 23.8 Å². The Morgan fingerprint density at radius 2 is 1.95 bits per heavy atom. The predicted molar refractivity (Wildman–Crippen MR) is 77.5 cm³/mol. The maximum Gasteiger partial charge on any atom is 0.410 e. The van der Waals surface area contributed by atoms with Crippen LogP contribution in [0.3, 0.4) is 0 Å². The van der Waals surface area contributed by atoms with Crippen molar-refractivity contribution in [2.45, 2.75) is 26.0 Å². The molecular formula is C16H19NO5. The van der Waals surface area contributed by atoms with E-state index in [1.54, 1.807) is 18.7 Å². The Labute approximate surface area is 128 Å². The molecule has 0 unspecified atom stereocenters. The lowest BCUT2D eigenvalue weighted by atomic mass is 9.99. The first kappa shape index (κ1) is 14.7. The van der Waals surface area contributed by atoms with Gasteiger partial charge in [-0.25, -0.2) is 4.79 Å². The number of esters is 1. The lowest BCUT2D eigenvalue weighted by Gasteiger charge is -2.21. The number of carbonyl (C=O) groups is 2. The number of likely N-dealkylation sites (tertiary alicyclic amines) is 1. The van der Waals surface area contributed by atoms with Gasteiger partial charge >= 0.3 is 12.1 Å². The van der Waals surface area contributed by atoms with E-state index in [1.807, 2.05) is 24.3 Å². The summed E-state index contributed by atoms with van der Waals surface area (Å²) in [5.74, 6) is -0.125. The fourth-order valence-electron chi connectivity index (χ4n) is 3.15. The van der Waals surface area contributed by atoms with E-state index in [0.29, 0.717) is 19.0 Å². The molecule has 1 fully saturated rings. The van der Waals surface area contributed by atoms with E-state index in [0.717, 1.165) is 5.56 Å². The van der Waals surface area contributed by atoms with Gasteiger partial charge in [-0.2, -0.15) is 0 Å². The summed E-state index contributed by atoms with van der Waals surface area (Å²) in [7, 11) is 0. The number of amides is 1. The summed E-state index contributed by atoms with van der Waals surface area (Å²) in [5.41, 5.74) is 0.910. The number of fused-ring (bicyclic) bond motifs is 3. The quantitative estimate of drug-likeness (QED) is 0.801. The van der Waals surface area contributed by atoms with Crippen LogP contribution in [0, 0.1) is 5.92 Å². The van der Waals surface area contributed by atoms with Gasteiger partial charge in [-0.15, -0.1) is 0 Å². The third kappa shape index (κ3) is 2.28. The van der Waals surface area contributed by atoms with E-state index < -0.39 is 18.1 Å². The molecule has 6 heteroatoms. The lowest BCUT2D eigenvalue weighted by molar-refractivity contribution is -0.149. The Bertz CT molecular complexity index is 588. The van der Waals surface area contributed by atoms with Gasteiger partial charge < -0.3 is 14.2 Å². The Morgan fingerprint density at radius 1 is 1.23 bits per heavy atom. The third-order valence-corrected chi connectivity index (χ3v) is 4.03. The van der Waals surface area contributed by atoms with Crippen molar-refractivity contribution >= 4 is 12.1 Å². The Kier molecular flexibility index (Phi) is 3.92. The fourth-order valence-corrected chi connectivity index (χ4v) is 3.15. The molecule has 1 aromatic rings. The topological polar surface area (TPSA) is 65.1 Å². The molecule has 0 bridgehead atoms. The summed E-state index contributed by atoms with van der Waals surface area (Å²) in [6, 6.07) is 7.23. The molecule has 0 saturated carbocycles. The molecule has 118 valence electrons. The van der Waals surface area contributed by atoms with Crippen LogP contribution in [0.15, 0.2) is 24.3 Å². The number of nitrogens with zero attached hydrogens (tertiary/aromatic N) is 1. The standard InChI is InChI=1S/C16H19NO5/c1-3-20-15(18)11-9-17(16(19)21-4-2)13-10-7-5-6-8-12(10)22-14(11)13/h5-8,11,13-14H,3-4,9H2,1-2H3/t11-,13+,14+/m1/s1. The van der Waals surface area contributed by atoms with Crippen LogP contribution in [0.2, 0.25) is 0 Å². The molecule has 1 amide bonds. The maximum absolute atomic E-state index is 12.2. The van der Waals surface area contributed by atoms with Crippen molar-refractivity contribution in [3.05, 3.63) is 29.8 Å². The van der Waals surface area contributed by atoms with E-state index in [1.165, 1.54) is 0 Å². The van der Waals surface area contributed by atoms with Crippen molar-refractivity contribution < 1.29 is 23.8 Å². The lowest BCUT2D eigenvalue weighted by Crippen LogP contribution is -2.32. The number of ether oxygens (including phenoxy) is 3. The normalized spacial score (nSPS) is 25.2. The number of para-hydroxylation sites is 1. The molecule has 6 nitrogen and oxygen atoms in total. The number of benzene rings is 1. The van der Waals surface area contributed by atoms with Crippen molar-refractivity contribution in [3.63, 3.8) is 0 Å². The summed E-state index contributed by atoms with van der Waals surface area (Å²) in [6.45, 7) is 4.37. The maximum atomic E-state index is 12.2. The van der Waals surface area contributed by atoms with Gasteiger partial charge in [-0.3, -0.25) is 9.69 Å². The van der Waals surface area contributed by atoms with Gasteiger partial charge in [-0.05, 0) is 19.9 Å². The largest absolute Gasteiger partial charge is 0.487 e. The second-order valence-electron chi connectivity index (χ2n) is 5.27. The van der Waals surface area contributed by atoms with Gasteiger partial charge in [0, 0.05) is 12.1 Å². The fraction of sp³-hybridized carbons (Fsp3) is 0.500. The first-order valence-electron chi connectivity index (χ1n) is 7.53. The molecule has 3 atom stereocenters. The van der Waals surface area contributed by atoms with Crippen LogP contribution < -0.4 is 4.74 Å². The first-order chi connectivity index (χ1) is 10.7. The molecule has 22 heavy (non-hydrogen) atoms. The van der Waals surface area contributed by atoms with Crippen molar-refractivity contribution in [1.82, 2.24) is 4.90 Å². The van der Waals surface area contributed by atoms with Crippen molar-refractivity contribution in [2.24, 2.45) is 5.92 Å². The highest BCUT2D eigenvalue weighted by atomic mass is 16.6. The van der Waals surface area contributed by atoms with Crippen molar-refractivity contribution in [2.75, 3.05) is 19.8 Å². The van der Waals surface area contributed by atoms with Crippen molar-refractivity contribution in [3.8, 4) is 5.75 Å². The molecule has 2 aliphatic rings. The highest BCUT2D eigenvalue weighted by Crippen LogP contribution is 2.47. The second-order valence-corrected chi connectivity index (χ2v) is 5.27. The molecular weight excluding hydrogens is 286 g/mol. The van der Waals surface area contributed by atoms with Crippen LogP contribution in [-0.4, -0.2) is 42.8 Å². The molecule has 0 aromatic heterocycles. The Morgan fingerprint density at radius 3 is 2.68 bits per heavy atom. The molecule has 0 N–H and O–H groups in total. The van der Waals surface area contributed by atoms with E-state index in [2.05, 4.69) is 0 Å². The molecule has 0 radical (unpaired) electrons. The Balaban J connectivity index is 1.92. The van der Waals surface area contributed by atoms with Gasteiger partial charge in [0.25, 0.3) is 0 Å². The highest BCUT2D eigenvalue weighted by molar-refractivity contribution is 5.78. The first-order valence-corrected chi connectivity index (χ1v) is 7.53. The summed E-state index contributed by atoms with van der Waals surface area (Å²) < 4.78 is 16.2. The second kappa shape index (κ2) is 5.87. The molecule has 3 rings (SSSR count). The van der Waals surface area contributed by atoms with E-state index in [-0.39, 0.29) is 18.6 Å². The molecule has 2 heterocycles. The minimum Gasteiger partial charge on any atom is -0.487 e. The third-order valence-electron chi connectivity index (χ3n) is 4.03. The number of hydrogen-bond donors (Lipinski definition) is 0. The van der Waals surface area contributed by atoms with Gasteiger partial charge in [0.15, 0.2) is 0 Å². The summed E-state index contributed by atoms with van der Waals surface area (Å²) in [4.78, 5) is 26.0. The van der Waals surface area contributed by atoms with Gasteiger partial charge in [-0.1, -0.05) is 18.2 Å². The smallest absolute Gasteiger partial charge is 0.410 e. The van der Waals surface area contributed by atoms with Crippen LogP contribution in [0.5, 0.6) is 5.75 Å². The molecule has 2 aliphatic heterocycles. The summed E-state index contributed by atoms with van der Waals surface area (Å²) >= 11 is 0. The van der Waals surface area contributed by atoms with Crippen LogP contribution >= 0.6 is 0 Å². The molecule has 0 spiro atoms. The van der Waals surface area contributed by atoms with Crippen LogP contribution in [0.1, 0.15) is 25.5 Å². The minimum absolute atomic E-state index is 0.251. The van der Waals surface area contributed by atoms with E-state index in [4.69, 9.17) is 14.2 Å². The average molecular weight is 305 g/mol. The molecule has 0 aliphatic carbocycles. The highest BCUT2D eigenvalue weighted by Gasteiger charge is 2.54. The minimum atomic E-state index is -0.498. The SMILES string of the molecule is CCOC(=O)[C@@H]1CN(C(=O)OCC)[C@H]2c3ccccc3O[C@@H]12. The molecule has 1 aromatic carbocycles. The van der Waals surface area contributed by atoms with Crippen LogP contribution in [-0.2, 0) is 14.3 Å². The summed E-state index contributed by atoms with van der Waals surface area (Å²) in [6.07, 6.45) is -0.842. The van der Waals surface area contributed by atoms with Gasteiger partial charge in [0.2, 0.25) is 0 Å². The number of hydrogen-bond acceptors (Lipinski definition) is 5. The zero-order valence-electron chi connectivity index (χ0n) is 12.7. The van der Waals surface area contributed by atoms with E-state index in [9.17, 15) is 9.59 Å². The number of rotatable bonds is 3. The average Bonchev–Trinajstić information content (AvgIpc) is 3.04. The van der Waals surface area contributed by atoms with Crippen LogP contribution in [0.4, 0.5) is 4.79 Å². The zero-order valence-corrected chi connectivity index (χ0v) is 12.7. The monoisotopic (exact) mass is 305 g/mol. The van der Waals surface area contributed by atoms with Crippen LogP contribution in [0.25, 0.3) is 0 Å². The predicted octanol–water partition coefficient (Wildman–Crippen LogP) is 2.14. The Hall–Kier alpha value is -2.24.